The zero-order valence-corrected chi connectivity index (χ0v) is 13.6. The van der Waals surface area contributed by atoms with Crippen molar-refractivity contribution in [1.82, 2.24) is 10.9 Å². The van der Waals surface area contributed by atoms with Gasteiger partial charge >= 0.3 is 0 Å². The lowest BCUT2D eigenvalue weighted by Crippen LogP contribution is -2.41. The summed E-state index contributed by atoms with van der Waals surface area (Å²) in [4.78, 5) is 24.8. The summed E-state index contributed by atoms with van der Waals surface area (Å²) in [5, 5.41) is 0. The highest BCUT2D eigenvalue weighted by Gasteiger charge is 2.08. The summed E-state index contributed by atoms with van der Waals surface area (Å²) < 4.78 is 0.886. The van der Waals surface area contributed by atoms with Crippen LogP contribution in [0.15, 0.2) is 57.9 Å². The molecule has 0 atom stereocenters. The molecule has 0 aromatic heterocycles. The standard InChI is InChI=1S/C15H13BrN2O2S/c1-21-13-8-4-11(5-9-13)15(20)18-17-14(19)10-2-6-12(16)7-3-10/h2-9H,1H3,(H,17,19)(H,18,20). The lowest BCUT2D eigenvalue weighted by Gasteiger charge is -2.08. The van der Waals surface area contributed by atoms with Crippen molar-refractivity contribution < 1.29 is 9.59 Å². The third kappa shape index (κ3) is 4.34. The number of benzene rings is 2. The third-order valence-electron chi connectivity index (χ3n) is 2.75. The summed E-state index contributed by atoms with van der Waals surface area (Å²) in [7, 11) is 0. The van der Waals surface area contributed by atoms with E-state index >= 15 is 0 Å². The van der Waals surface area contributed by atoms with Crippen LogP contribution in [0.5, 0.6) is 0 Å². The fourth-order valence-electron chi connectivity index (χ4n) is 1.60. The largest absolute Gasteiger partial charge is 0.269 e. The molecule has 0 saturated carbocycles. The van der Waals surface area contributed by atoms with E-state index in [1.807, 2.05) is 18.4 Å². The van der Waals surface area contributed by atoms with E-state index in [-0.39, 0.29) is 11.8 Å². The molecular formula is C15H13BrN2O2S. The van der Waals surface area contributed by atoms with Crippen molar-refractivity contribution in [3.05, 3.63) is 64.1 Å². The Morgan fingerprint density at radius 1 is 0.857 bits per heavy atom. The van der Waals surface area contributed by atoms with E-state index in [9.17, 15) is 9.59 Å². The predicted octanol–water partition coefficient (Wildman–Crippen LogP) is 3.25. The summed E-state index contributed by atoms with van der Waals surface area (Å²) in [5.41, 5.74) is 5.74. The third-order valence-corrected chi connectivity index (χ3v) is 4.02. The molecule has 2 N–H and O–H groups in total. The molecule has 0 saturated heterocycles. The second kappa shape index (κ2) is 7.28. The van der Waals surface area contributed by atoms with Crippen LogP contribution in [-0.2, 0) is 0 Å². The number of hydrazine groups is 1. The zero-order chi connectivity index (χ0) is 15.2. The molecule has 6 heteroatoms. The van der Waals surface area contributed by atoms with Gasteiger partial charge < -0.3 is 0 Å². The number of carbonyl (C=O) groups excluding carboxylic acids is 2. The average molecular weight is 365 g/mol. The number of hydrogen-bond donors (Lipinski definition) is 2. The average Bonchev–Trinajstić information content (AvgIpc) is 2.53. The molecule has 4 nitrogen and oxygen atoms in total. The van der Waals surface area contributed by atoms with Crippen LogP contribution in [0.3, 0.4) is 0 Å². The molecule has 0 heterocycles. The van der Waals surface area contributed by atoms with Gasteiger partial charge in [-0.2, -0.15) is 0 Å². The van der Waals surface area contributed by atoms with Crippen molar-refractivity contribution >= 4 is 39.5 Å². The molecular weight excluding hydrogens is 352 g/mol. The Bertz CT molecular complexity index is 642. The van der Waals surface area contributed by atoms with E-state index in [1.165, 1.54) is 0 Å². The maximum absolute atomic E-state index is 11.9. The van der Waals surface area contributed by atoms with Crippen molar-refractivity contribution in [2.75, 3.05) is 6.26 Å². The minimum atomic E-state index is -0.364. The second-order valence-corrected chi connectivity index (χ2v) is 5.94. The summed E-state index contributed by atoms with van der Waals surface area (Å²) in [6.07, 6.45) is 1.97. The van der Waals surface area contributed by atoms with Gasteiger partial charge in [0.2, 0.25) is 0 Å². The number of rotatable bonds is 3. The highest BCUT2D eigenvalue weighted by atomic mass is 79.9. The van der Waals surface area contributed by atoms with Crippen molar-refractivity contribution in [1.29, 1.82) is 0 Å². The number of thioether (sulfide) groups is 1. The highest BCUT2D eigenvalue weighted by molar-refractivity contribution is 9.10. The van der Waals surface area contributed by atoms with Gasteiger partial charge in [0.25, 0.3) is 11.8 Å². The van der Waals surface area contributed by atoms with Gasteiger partial charge in [-0.25, -0.2) is 0 Å². The molecule has 0 radical (unpaired) electrons. The Morgan fingerprint density at radius 3 is 1.71 bits per heavy atom. The summed E-state index contributed by atoms with van der Waals surface area (Å²) in [5.74, 6) is -0.718. The Balaban J connectivity index is 1.93. The van der Waals surface area contributed by atoms with E-state index in [0.29, 0.717) is 11.1 Å². The molecule has 2 aromatic carbocycles. The number of halogens is 1. The van der Waals surface area contributed by atoms with E-state index in [4.69, 9.17) is 0 Å². The molecule has 0 fully saturated rings. The summed E-state index contributed by atoms with van der Waals surface area (Å²) in [6.45, 7) is 0. The van der Waals surface area contributed by atoms with Gasteiger partial charge in [0.1, 0.15) is 0 Å². The van der Waals surface area contributed by atoms with Crippen LogP contribution >= 0.6 is 27.7 Å². The van der Waals surface area contributed by atoms with Crippen LogP contribution in [0.2, 0.25) is 0 Å². The van der Waals surface area contributed by atoms with Crippen molar-refractivity contribution in [3.63, 3.8) is 0 Å². The Morgan fingerprint density at radius 2 is 1.29 bits per heavy atom. The first kappa shape index (κ1) is 15.6. The minimum absolute atomic E-state index is 0.354. The SMILES string of the molecule is CSc1ccc(C(=O)NNC(=O)c2ccc(Br)cc2)cc1. The van der Waals surface area contributed by atoms with Crippen LogP contribution in [0.4, 0.5) is 0 Å². The van der Waals surface area contributed by atoms with Gasteiger partial charge in [-0.1, -0.05) is 15.9 Å². The minimum Gasteiger partial charge on any atom is -0.267 e. The molecule has 0 aliphatic rings. The van der Waals surface area contributed by atoms with Crippen molar-refractivity contribution in [3.8, 4) is 0 Å². The Hall–Kier alpha value is -1.79. The molecule has 21 heavy (non-hydrogen) atoms. The van der Waals surface area contributed by atoms with Crippen LogP contribution < -0.4 is 10.9 Å². The van der Waals surface area contributed by atoms with E-state index < -0.39 is 0 Å². The molecule has 0 spiro atoms. The highest BCUT2D eigenvalue weighted by Crippen LogP contribution is 2.14. The van der Waals surface area contributed by atoms with Crippen LogP contribution in [0.1, 0.15) is 20.7 Å². The van der Waals surface area contributed by atoms with Gasteiger partial charge in [0, 0.05) is 20.5 Å². The first-order chi connectivity index (χ1) is 10.1. The fourth-order valence-corrected chi connectivity index (χ4v) is 2.27. The monoisotopic (exact) mass is 364 g/mol. The lowest BCUT2D eigenvalue weighted by atomic mass is 10.2. The summed E-state index contributed by atoms with van der Waals surface area (Å²) >= 11 is 4.90. The molecule has 2 aromatic rings. The Labute approximate surface area is 135 Å². The molecule has 0 bridgehead atoms. The van der Waals surface area contributed by atoms with Gasteiger partial charge in [-0.15, -0.1) is 11.8 Å². The lowest BCUT2D eigenvalue weighted by molar-refractivity contribution is 0.0846. The molecule has 0 aliphatic carbocycles. The van der Waals surface area contributed by atoms with E-state index in [1.54, 1.807) is 48.2 Å². The molecule has 2 amide bonds. The van der Waals surface area contributed by atoms with E-state index in [0.717, 1.165) is 9.37 Å². The normalized spacial score (nSPS) is 10.0. The first-order valence-corrected chi connectivity index (χ1v) is 8.12. The quantitative estimate of drug-likeness (QED) is 0.649. The maximum Gasteiger partial charge on any atom is 0.269 e. The molecule has 0 aliphatic heterocycles. The molecule has 0 unspecified atom stereocenters. The maximum atomic E-state index is 11.9. The van der Waals surface area contributed by atoms with Gasteiger partial charge in [-0.05, 0) is 54.8 Å². The van der Waals surface area contributed by atoms with Gasteiger partial charge in [-0.3, -0.25) is 20.4 Å². The predicted molar refractivity (Wildman–Crippen MR) is 87.3 cm³/mol. The second-order valence-electron chi connectivity index (χ2n) is 4.14. The first-order valence-electron chi connectivity index (χ1n) is 6.10. The summed E-state index contributed by atoms with van der Waals surface area (Å²) in [6, 6.07) is 14.0. The fraction of sp³-hybridized carbons (Fsp3) is 0.0667. The smallest absolute Gasteiger partial charge is 0.267 e. The number of hydrogen-bond acceptors (Lipinski definition) is 3. The van der Waals surface area contributed by atoms with Gasteiger partial charge in [0.05, 0.1) is 0 Å². The van der Waals surface area contributed by atoms with Crippen LogP contribution in [-0.4, -0.2) is 18.1 Å². The Kier molecular flexibility index (Phi) is 5.41. The van der Waals surface area contributed by atoms with E-state index in [2.05, 4.69) is 26.8 Å². The van der Waals surface area contributed by atoms with Crippen molar-refractivity contribution in [2.24, 2.45) is 0 Å². The van der Waals surface area contributed by atoms with Crippen LogP contribution in [0.25, 0.3) is 0 Å². The number of amides is 2. The van der Waals surface area contributed by atoms with Crippen LogP contribution in [0, 0.1) is 0 Å². The number of nitrogens with one attached hydrogen (secondary N) is 2. The number of carbonyl (C=O) groups is 2. The van der Waals surface area contributed by atoms with Crippen molar-refractivity contribution in [2.45, 2.75) is 4.90 Å². The topological polar surface area (TPSA) is 58.2 Å². The molecule has 2 rings (SSSR count). The zero-order valence-electron chi connectivity index (χ0n) is 11.2. The van der Waals surface area contributed by atoms with Gasteiger partial charge in [0.15, 0.2) is 0 Å². The molecule has 108 valence electrons.